The van der Waals surface area contributed by atoms with Gasteiger partial charge in [0.15, 0.2) is 0 Å². The highest BCUT2D eigenvalue weighted by Crippen LogP contribution is 2.77. The third kappa shape index (κ3) is 1.42. The van der Waals surface area contributed by atoms with Crippen LogP contribution >= 0.6 is 0 Å². The maximum Gasteiger partial charge on any atom is 0.315 e. The maximum absolute atomic E-state index is 12.7. The van der Waals surface area contributed by atoms with Gasteiger partial charge in [-0.15, -0.1) is 0 Å². The van der Waals surface area contributed by atoms with Gasteiger partial charge in [0.25, 0.3) is 0 Å². The average Bonchev–Trinajstić information content (AvgIpc) is 3.04. The van der Waals surface area contributed by atoms with Crippen LogP contribution in [-0.4, -0.2) is 50.9 Å². The summed E-state index contributed by atoms with van der Waals surface area (Å²) >= 11 is 0. The van der Waals surface area contributed by atoms with Crippen molar-refractivity contribution in [3.63, 3.8) is 0 Å². The lowest BCUT2D eigenvalue weighted by atomic mass is 9.58. The van der Waals surface area contributed by atoms with Crippen molar-refractivity contribution in [2.24, 2.45) is 34.5 Å². The van der Waals surface area contributed by atoms with Crippen molar-refractivity contribution in [1.29, 1.82) is 0 Å². The number of allylic oxidation sites excluding steroid dienone is 1. The quantitative estimate of drug-likeness (QED) is 0.453. The molecule has 1 saturated heterocycles. The number of Topliss-reactive ketones (excluding diaryl/α,β-unsaturated/α-hetero) is 1. The van der Waals surface area contributed by atoms with E-state index in [0.717, 1.165) is 5.57 Å². The predicted octanol–water partition coefficient (Wildman–Crippen LogP) is 0.286. The Hall–Kier alpha value is -1.73. The van der Waals surface area contributed by atoms with Gasteiger partial charge in [0.1, 0.15) is 16.8 Å². The van der Waals surface area contributed by atoms with E-state index in [2.05, 4.69) is 6.58 Å². The topological polar surface area (TPSA) is 121 Å². The Morgan fingerprint density at radius 1 is 1.27 bits per heavy atom. The molecular formula is C19H22O7. The van der Waals surface area contributed by atoms with Gasteiger partial charge in [-0.25, -0.2) is 0 Å². The van der Waals surface area contributed by atoms with Crippen molar-refractivity contribution in [3.8, 4) is 0 Å². The fraction of sp³-hybridized carbons (Fsp3) is 0.737. The maximum atomic E-state index is 12.7. The summed E-state index contributed by atoms with van der Waals surface area (Å²) in [5, 5.41) is 31.2. The van der Waals surface area contributed by atoms with Gasteiger partial charge in [0.05, 0.1) is 18.1 Å². The van der Waals surface area contributed by atoms with Crippen LogP contribution in [0.5, 0.6) is 0 Å². The van der Waals surface area contributed by atoms with Crippen LogP contribution in [0.15, 0.2) is 12.2 Å². The number of aliphatic carboxylic acids is 1. The van der Waals surface area contributed by atoms with E-state index in [-0.39, 0.29) is 24.5 Å². The van der Waals surface area contributed by atoms with Gasteiger partial charge in [-0.1, -0.05) is 12.2 Å². The molecule has 5 fully saturated rings. The Bertz CT molecular complexity index is 789. The molecule has 0 radical (unpaired) electrons. The number of hydrogen-bond donors (Lipinski definition) is 3. The zero-order chi connectivity index (χ0) is 18.8. The Morgan fingerprint density at radius 3 is 2.62 bits per heavy atom. The van der Waals surface area contributed by atoms with Crippen LogP contribution in [0.1, 0.15) is 32.6 Å². The van der Waals surface area contributed by atoms with Crippen LogP contribution in [-0.2, 0) is 19.1 Å². The Labute approximate surface area is 150 Å². The molecule has 7 heteroatoms. The van der Waals surface area contributed by atoms with Crippen LogP contribution < -0.4 is 0 Å². The molecule has 140 valence electrons. The van der Waals surface area contributed by atoms with Gasteiger partial charge in [0.2, 0.25) is 0 Å². The third-order valence-electron chi connectivity index (χ3n) is 8.33. The van der Waals surface area contributed by atoms with Gasteiger partial charge in [-0.2, -0.15) is 0 Å². The molecule has 0 amide bonds. The van der Waals surface area contributed by atoms with Crippen LogP contribution in [0.25, 0.3) is 0 Å². The highest BCUT2D eigenvalue weighted by molar-refractivity contribution is 5.90. The first-order chi connectivity index (χ1) is 12.1. The number of aliphatic hydroxyl groups excluding tert-OH is 2. The van der Waals surface area contributed by atoms with E-state index < -0.39 is 58.3 Å². The lowest BCUT2D eigenvalue weighted by molar-refractivity contribution is -0.164. The monoisotopic (exact) mass is 362 g/mol. The van der Waals surface area contributed by atoms with Crippen LogP contribution in [0.3, 0.4) is 0 Å². The number of carbonyl (C=O) groups excluding carboxylic acids is 2. The first kappa shape index (κ1) is 16.4. The van der Waals surface area contributed by atoms with E-state index in [0.29, 0.717) is 12.8 Å². The lowest BCUT2D eigenvalue weighted by Gasteiger charge is -2.46. The van der Waals surface area contributed by atoms with Crippen LogP contribution in [0, 0.1) is 34.5 Å². The average molecular weight is 362 g/mol. The summed E-state index contributed by atoms with van der Waals surface area (Å²) in [6, 6.07) is 0. The number of ketones is 1. The zero-order valence-electron chi connectivity index (χ0n) is 14.5. The summed E-state index contributed by atoms with van der Waals surface area (Å²) in [4.78, 5) is 37.8. The summed E-state index contributed by atoms with van der Waals surface area (Å²) in [7, 11) is 0. The number of aliphatic hydroxyl groups is 2. The second-order valence-corrected chi connectivity index (χ2v) is 9.18. The fourth-order valence-corrected chi connectivity index (χ4v) is 7.48. The molecule has 4 saturated carbocycles. The van der Waals surface area contributed by atoms with Gasteiger partial charge < -0.3 is 20.1 Å². The molecule has 3 N–H and O–H groups in total. The summed E-state index contributed by atoms with van der Waals surface area (Å²) in [5.41, 5.74) is -2.65. The molecule has 7 nitrogen and oxygen atoms in total. The van der Waals surface area contributed by atoms with E-state index in [4.69, 9.17) is 4.74 Å². The first-order valence-corrected chi connectivity index (χ1v) is 9.12. The number of hydrogen-bond acceptors (Lipinski definition) is 6. The number of carboxylic acid groups (broad SMARTS) is 1. The van der Waals surface area contributed by atoms with E-state index in [1.807, 2.05) is 0 Å². The van der Waals surface area contributed by atoms with Gasteiger partial charge in [0, 0.05) is 30.6 Å². The lowest BCUT2D eigenvalue weighted by Crippen LogP contribution is -2.59. The van der Waals surface area contributed by atoms with E-state index in [1.165, 1.54) is 6.92 Å². The van der Waals surface area contributed by atoms with Gasteiger partial charge in [-0.05, 0) is 25.2 Å². The number of rotatable bonds is 1. The van der Waals surface area contributed by atoms with Crippen LogP contribution in [0.2, 0.25) is 0 Å². The minimum absolute atomic E-state index is 0.0116. The predicted molar refractivity (Wildman–Crippen MR) is 85.6 cm³/mol. The molecule has 1 aliphatic heterocycles. The summed E-state index contributed by atoms with van der Waals surface area (Å²) in [6.45, 7) is 5.52. The van der Waals surface area contributed by atoms with Crippen molar-refractivity contribution in [1.82, 2.24) is 0 Å². The summed E-state index contributed by atoms with van der Waals surface area (Å²) in [6.07, 6.45) is -1.64. The molecule has 0 aromatic carbocycles. The Balaban J connectivity index is 1.78. The Morgan fingerprint density at radius 2 is 1.96 bits per heavy atom. The normalized spacial score (nSPS) is 57.0. The minimum atomic E-state index is -1.49. The minimum Gasteiger partial charge on any atom is -0.481 e. The van der Waals surface area contributed by atoms with E-state index >= 15 is 0 Å². The molecular weight excluding hydrogens is 340 g/mol. The smallest absolute Gasteiger partial charge is 0.315 e. The third-order valence-corrected chi connectivity index (χ3v) is 8.33. The molecule has 1 heterocycles. The summed E-state index contributed by atoms with van der Waals surface area (Å²) < 4.78 is 5.82. The molecule has 1 spiro atoms. The molecule has 5 rings (SSSR count). The molecule has 4 bridgehead atoms. The van der Waals surface area contributed by atoms with Gasteiger partial charge >= 0.3 is 11.9 Å². The number of fused-ring (bicyclic) bond motifs is 1. The molecule has 0 aromatic heterocycles. The van der Waals surface area contributed by atoms with Crippen molar-refractivity contribution < 1.29 is 34.4 Å². The second-order valence-electron chi connectivity index (χ2n) is 9.18. The fourth-order valence-electron chi connectivity index (χ4n) is 7.48. The Kier molecular flexibility index (Phi) is 2.78. The highest BCUT2D eigenvalue weighted by atomic mass is 16.6. The first-order valence-electron chi connectivity index (χ1n) is 9.12. The number of esters is 1. The molecule has 9 unspecified atom stereocenters. The van der Waals surface area contributed by atoms with E-state index in [1.54, 1.807) is 0 Å². The zero-order valence-corrected chi connectivity index (χ0v) is 14.5. The highest BCUT2D eigenvalue weighted by Gasteiger charge is 2.85. The SMILES string of the molecule is C=C1CC23CC1C(=O)CC2C12CC(O)C(O)C(C)(C(=O)O1)C2C3C(=O)O. The molecule has 5 aliphatic rings. The van der Waals surface area contributed by atoms with Crippen molar-refractivity contribution >= 4 is 17.7 Å². The second kappa shape index (κ2) is 4.39. The number of carbonyl (C=O) groups is 3. The van der Waals surface area contributed by atoms with Gasteiger partial charge in [-0.3, -0.25) is 14.4 Å². The summed E-state index contributed by atoms with van der Waals surface area (Å²) in [5.74, 6) is -4.16. The standard InChI is InChI=1S/C19H22O7/c1-7-4-18-5-8(7)9(20)3-11(18)19-6-10(21)14(22)17(2,16(25)26-19)13(19)12(18)15(23)24/h8,10-14,21-22H,1,3-6H2,2H3,(H,23,24). The van der Waals surface area contributed by atoms with Crippen molar-refractivity contribution in [2.45, 2.75) is 50.4 Å². The molecule has 4 aliphatic carbocycles. The molecule has 26 heavy (non-hydrogen) atoms. The van der Waals surface area contributed by atoms with E-state index in [9.17, 15) is 29.7 Å². The molecule has 9 atom stereocenters. The number of ether oxygens (including phenoxy) is 1. The van der Waals surface area contributed by atoms with Crippen molar-refractivity contribution in [2.75, 3.05) is 0 Å². The number of carboxylic acids is 1. The molecule has 0 aromatic rings. The van der Waals surface area contributed by atoms with Crippen LogP contribution in [0.4, 0.5) is 0 Å². The van der Waals surface area contributed by atoms with Crippen molar-refractivity contribution in [3.05, 3.63) is 12.2 Å². The largest absolute Gasteiger partial charge is 0.481 e.